The number of carboxylic acids is 1. The molecule has 0 rings (SSSR count). The molecular weight excluding hydrogens is 193 g/mol. The summed E-state index contributed by atoms with van der Waals surface area (Å²) < 4.78 is 0. The normalized spacial score (nSPS) is 4.80. The van der Waals surface area contributed by atoms with Crippen molar-refractivity contribution >= 4 is 54.9 Å². The molecule has 0 aromatic rings. The molecule has 26 valence electrons. The van der Waals surface area contributed by atoms with Gasteiger partial charge in [-0.15, -0.1) is 0 Å². The number of hydrogen-bond acceptors (Lipinski definition) is 1. The van der Waals surface area contributed by atoms with Crippen LogP contribution in [0.4, 0.5) is 0 Å². The molecule has 0 fully saturated rings. The molecule has 0 bridgehead atoms. The summed E-state index contributed by atoms with van der Waals surface area (Å²) in [5.41, 5.74) is 0. The largest absolute Gasteiger partial charge is 2.00 e. The monoisotopic (exact) mass is 198 g/mol. The summed E-state index contributed by atoms with van der Waals surface area (Å²) >= 11 is 0. The molecule has 0 aliphatic carbocycles. The number of rotatable bonds is 0. The Bertz CT molecular complexity index is 34.5. The minimum atomic E-state index is -1.08. The second-order valence-electron chi connectivity index (χ2n) is 0.394. The molecule has 0 aliphatic heterocycles. The van der Waals surface area contributed by atoms with Gasteiger partial charge in [0.25, 0.3) is 0 Å². The molecule has 0 saturated carbocycles. The van der Waals surface area contributed by atoms with E-state index in [4.69, 9.17) is 9.90 Å². The van der Waals surface area contributed by atoms with Gasteiger partial charge >= 0.3 is 48.9 Å². The summed E-state index contributed by atoms with van der Waals surface area (Å²) in [6.07, 6.45) is 0. The third kappa shape index (κ3) is 50.1. The van der Waals surface area contributed by atoms with Crippen LogP contribution in [0.2, 0.25) is 0 Å². The first kappa shape index (κ1) is 9.32. The average Bonchev–Trinajstić information content (AvgIpc) is 0.811. The first-order valence-corrected chi connectivity index (χ1v) is 0.781. The van der Waals surface area contributed by atoms with Gasteiger partial charge in [-0.1, -0.05) is 0 Å². The van der Waals surface area contributed by atoms with E-state index in [-0.39, 0.29) is 50.3 Å². The van der Waals surface area contributed by atoms with Crippen molar-refractivity contribution in [2.75, 3.05) is 0 Å². The molecule has 0 radical (unpaired) electrons. The maximum absolute atomic E-state index is 8.89. The van der Waals surface area contributed by atoms with Crippen LogP contribution >= 0.6 is 0 Å². The zero-order chi connectivity index (χ0) is 3.58. The van der Waals surface area contributed by atoms with Gasteiger partial charge in [0.15, 0.2) is 5.97 Å². The predicted octanol–water partition coefficient (Wildman–Crippen LogP) is -0.363. The van der Waals surface area contributed by atoms with Crippen molar-refractivity contribution in [3.05, 3.63) is 6.92 Å². The van der Waals surface area contributed by atoms with Gasteiger partial charge in [0.2, 0.25) is 0 Å². The Morgan fingerprint density at radius 2 is 2.00 bits per heavy atom. The van der Waals surface area contributed by atoms with E-state index >= 15 is 0 Å². The summed E-state index contributed by atoms with van der Waals surface area (Å²) in [4.78, 5) is 8.89. The van der Waals surface area contributed by atoms with Gasteiger partial charge in [0.1, 0.15) is 0 Å². The van der Waals surface area contributed by atoms with Gasteiger partial charge < -0.3 is 6.53 Å². The van der Waals surface area contributed by atoms with Gasteiger partial charge in [-0.2, -0.15) is 0 Å². The second kappa shape index (κ2) is 4.91. The van der Waals surface area contributed by atoms with Crippen molar-refractivity contribution in [3.8, 4) is 0 Å². The van der Waals surface area contributed by atoms with Crippen LogP contribution in [-0.4, -0.2) is 60.0 Å². The number of hydrogen-bond donors (Lipinski definition) is 1. The minimum absolute atomic E-state index is 0. The quantitative estimate of drug-likeness (QED) is 0.425. The average molecular weight is 197 g/mol. The number of carboxylic acid groups (broad SMARTS) is 1. The Hall–Kier alpha value is 0.911. The van der Waals surface area contributed by atoms with E-state index < -0.39 is 5.97 Å². The summed E-state index contributed by atoms with van der Waals surface area (Å²) in [7, 11) is 0. The molecule has 0 unspecified atom stereocenters. The van der Waals surface area contributed by atoms with E-state index in [0.29, 0.717) is 0 Å². The van der Waals surface area contributed by atoms with Gasteiger partial charge in [0.05, 0.1) is 0 Å². The Morgan fingerprint density at radius 3 is 2.00 bits per heavy atom. The predicted molar refractivity (Wildman–Crippen MR) is 19.9 cm³/mol. The standard InChI is InChI=1S/C2H3O2.Ba.H/c1-2(3)4;;/h1H2,(H,3,4);;/q-1;+2;-1. The fourth-order valence-corrected chi connectivity index (χ4v) is 0. The van der Waals surface area contributed by atoms with Crippen LogP contribution in [0.25, 0.3) is 0 Å². The van der Waals surface area contributed by atoms with Crippen LogP contribution in [0.15, 0.2) is 0 Å². The van der Waals surface area contributed by atoms with Crippen molar-refractivity contribution in [1.29, 1.82) is 0 Å². The number of aliphatic carboxylic acids is 1. The van der Waals surface area contributed by atoms with Crippen LogP contribution in [-0.2, 0) is 4.79 Å². The van der Waals surface area contributed by atoms with E-state index in [1.165, 1.54) is 0 Å². The topological polar surface area (TPSA) is 37.3 Å². The molecule has 0 aromatic carbocycles. The van der Waals surface area contributed by atoms with E-state index in [2.05, 4.69) is 6.92 Å². The third-order valence-corrected chi connectivity index (χ3v) is 0. The second-order valence-corrected chi connectivity index (χ2v) is 0.394. The van der Waals surface area contributed by atoms with E-state index in [1.54, 1.807) is 0 Å². The summed E-state index contributed by atoms with van der Waals surface area (Å²) in [5.74, 6) is -1.08. The van der Waals surface area contributed by atoms with E-state index in [0.717, 1.165) is 0 Å². The molecule has 0 aromatic heterocycles. The van der Waals surface area contributed by atoms with Crippen molar-refractivity contribution in [3.63, 3.8) is 0 Å². The third-order valence-electron chi connectivity index (χ3n) is 0. The Balaban J connectivity index is -0.0000000450. The molecule has 1 N–H and O–H groups in total. The van der Waals surface area contributed by atoms with Crippen LogP contribution in [0.5, 0.6) is 0 Å². The van der Waals surface area contributed by atoms with Crippen molar-refractivity contribution < 1.29 is 11.3 Å². The Labute approximate surface area is 72.1 Å². The van der Waals surface area contributed by atoms with Gasteiger partial charge in [-0.3, -0.25) is 11.7 Å². The fraction of sp³-hybridized carbons (Fsp3) is 0. The molecule has 3 heteroatoms. The van der Waals surface area contributed by atoms with Gasteiger partial charge in [0, 0.05) is 0 Å². The molecule has 5 heavy (non-hydrogen) atoms. The summed E-state index contributed by atoms with van der Waals surface area (Å²) in [6, 6.07) is 0. The minimum Gasteiger partial charge on any atom is -1.00 e. The molecule has 0 saturated heterocycles. The molecule has 0 atom stereocenters. The zero-order valence-electron chi connectivity index (χ0n) is 3.77. The van der Waals surface area contributed by atoms with Gasteiger partial charge in [-0.05, 0) is 0 Å². The van der Waals surface area contributed by atoms with Crippen LogP contribution < -0.4 is 0 Å². The van der Waals surface area contributed by atoms with E-state index in [9.17, 15) is 0 Å². The molecule has 0 spiro atoms. The zero-order valence-corrected chi connectivity index (χ0v) is 7.21. The van der Waals surface area contributed by atoms with Crippen LogP contribution in [0.1, 0.15) is 1.43 Å². The summed E-state index contributed by atoms with van der Waals surface area (Å²) in [6.45, 7) is 2.56. The first-order valence-electron chi connectivity index (χ1n) is 0.781. The Morgan fingerprint density at radius 1 is 2.00 bits per heavy atom. The van der Waals surface area contributed by atoms with Crippen molar-refractivity contribution in [2.45, 2.75) is 0 Å². The SMILES string of the molecule is [Ba+2].[CH2-]C(=O)O.[H-]. The molecular formula is C2H4BaO2. The Kier molecular flexibility index (Phi) is 9.16. The molecule has 2 nitrogen and oxygen atoms in total. The van der Waals surface area contributed by atoms with E-state index in [1.807, 2.05) is 0 Å². The fourth-order valence-electron chi connectivity index (χ4n) is 0. The molecule has 0 amide bonds. The number of carbonyl (C=O) groups is 1. The first-order chi connectivity index (χ1) is 1.73. The smallest absolute Gasteiger partial charge is 1.00 e. The molecule has 0 aliphatic rings. The van der Waals surface area contributed by atoms with Crippen LogP contribution in [0.3, 0.4) is 0 Å². The maximum atomic E-state index is 8.89. The molecule has 0 heterocycles. The van der Waals surface area contributed by atoms with Crippen LogP contribution in [0, 0.1) is 6.92 Å². The van der Waals surface area contributed by atoms with Gasteiger partial charge in [-0.25, -0.2) is 0 Å². The summed E-state index contributed by atoms with van der Waals surface area (Å²) in [5, 5.41) is 7.31. The maximum Gasteiger partial charge on any atom is 2.00 e. The van der Waals surface area contributed by atoms with Crippen molar-refractivity contribution in [1.82, 2.24) is 0 Å². The van der Waals surface area contributed by atoms with Crippen molar-refractivity contribution in [2.24, 2.45) is 0 Å².